The van der Waals surface area contributed by atoms with Crippen LogP contribution in [0, 0.1) is 3.57 Å². The summed E-state index contributed by atoms with van der Waals surface area (Å²) >= 11 is 7.34. The number of halogens is 1. The SMILES string of the molecule is CN(Cc1ccc(I)cc1)Cc1cccc(C(N)=S)c1. The molecule has 0 bridgehead atoms. The van der Waals surface area contributed by atoms with Crippen LogP contribution in [0.4, 0.5) is 0 Å². The standard InChI is InChI=1S/C16H17IN2S/c1-19(10-12-5-7-15(17)8-6-12)11-13-3-2-4-14(9-13)16(18)20/h2-9H,10-11H2,1H3,(H2,18,20). The van der Waals surface area contributed by atoms with Crippen molar-refractivity contribution < 1.29 is 0 Å². The van der Waals surface area contributed by atoms with Gasteiger partial charge in [0.05, 0.1) is 0 Å². The Bertz CT molecular complexity index is 596. The van der Waals surface area contributed by atoms with E-state index in [1.54, 1.807) is 0 Å². The summed E-state index contributed by atoms with van der Waals surface area (Å²) in [5.41, 5.74) is 9.14. The molecule has 2 rings (SSSR count). The van der Waals surface area contributed by atoms with Gasteiger partial charge in [0.1, 0.15) is 4.99 Å². The van der Waals surface area contributed by atoms with Crippen LogP contribution in [0.15, 0.2) is 48.5 Å². The Labute approximate surface area is 139 Å². The second kappa shape index (κ2) is 7.15. The Morgan fingerprint density at radius 3 is 2.40 bits per heavy atom. The van der Waals surface area contributed by atoms with Crippen molar-refractivity contribution in [2.24, 2.45) is 5.73 Å². The maximum absolute atomic E-state index is 5.67. The van der Waals surface area contributed by atoms with Crippen LogP contribution in [0.2, 0.25) is 0 Å². The van der Waals surface area contributed by atoms with E-state index in [2.05, 4.69) is 70.9 Å². The molecule has 104 valence electrons. The Balaban J connectivity index is 2.00. The summed E-state index contributed by atoms with van der Waals surface area (Å²) in [4.78, 5) is 2.73. The summed E-state index contributed by atoms with van der Waals surface area (Å²) in [7, 11) is 2.12. The summed E-state index contributed by atoms with van der Waals surface area (Å²) < 4.78 is 1.26. The minimum Gasteiger partial charge on any atom is -0.389 e. The van der Waals surface area contributed by atoms with Crippen molar-refractivity contribution in [2.75, 3.05) is 7.05 Å². The van der Waals surface area contributed by atoms with Crippen molar-refractivity contribution in [3.8, 4) is 0 Å². The van der Waals surface area contributed by atoms with Crippen molar-refractivity contribution >= 4 is 39.8 Å². The van der Waals surface area contributed by atoms with Crippen LogP contribution >= 0.6 is 34.8 Å². The lowest BCUT2D eigenvalue weighted by Crippen LogP contribution is -2.18. The zero-order valence-electron chi connectivity index (χ0n) is 11.3. The molecular formula is C16H17IN2S. The third-order valence-corrected chi connectivity index (χ3v) is 3.98. The van der Waals surface area contributed by atoms with Crippen molar-refractivity contribution in [1.29, 1.82) is 0 Å². The Morgan fingerprint density at radius 1 is 1.10 bits per heavy atom. The molecule has 4 heteroatoms. The molecule has 0 spiro atoms. The molecule has 0 radical (unpaired) electrons. The molecule has 2 N–H and O–H groups in total. The first-order chi connectivity index (χ1) is 9.54. The lowest BCUT2D eigenvalue weighted by Gasteiger charge is -2.17. The van der Waals surface area contributed by atoms with E-state index in [1.165, 1.54) is 14.7 Å². The second-order valence-electron chi connectivity index (χ2n) is 4.86. The van der Waals surface area contributed by atoms with E-state index in [0.717, 1.165) is 18.7 Å². The van der Waals surface area contributed by atoms with Crippen molar-refractivity contribution in [3.05, 3.63) is 68.8 Å². The van der Waals surface area contributed by atoms with E-state index in [9.17, 15) is 0 Å². The molecule has 2 aromatic rings. The predicted molar refractivity (Wildman–Crippen MR) is 96.7 cm³/mol. The van der Waals surface area contributed by atoms with Crippen LogP contribution in [0.1, 0.15) is 16.7 Å². The highest BCUT2D eigenvalue weighted by Crippen LogP contribution is 2.12. The van der Waals surface area contributed by atoms with Gasteiger partial charge in [0, 0.05) is 22.2 Å². The molecule has 0 atom stereocenters. The molecule has 0 saturated carbocycles. The maximum Gasteiger partial charge on any atom is 0.103 e. The van der Waals surface area contributed by atoms with Gasteiger partial charge in [-0.2, -0.15) is 0 Å². The lowest BCUT2D eigenvalue weighted by atomic mass is 10.1. The van der Waals surface area contributed by atoms with E-state index >= 15 is 0 Å². The normalized spacial score (nSPS) is 10.8. The molecule has 2 aromatic carbocycles. The molecule has 0 fully saturated rings. The molecule has 0 unspecified atom stereocenters. The molecule has 0 aliphatic rings. The second-order valence-corrected chi connectivity index (χ2v) is 6.55. The van der Waals surface area contributed by atoms with Crippen molar-refractivity contribution in [3.63, 3.8) is 0 Å². The molecule has 0 aliphatic heterocycles. The summed E-state index contributed by atoms with van der Waals surface area (Å²) in [5.74, 6) is 0. The van der Waals surface area contributed by atoms with Gasteiger partial charge >= 0.3 is 0 Å². The Morgan fingerprint density at radius 2 is 1.75 bits per heavy atom. The first-order valence-corrected chi connectivity index (χ1v) is 7.85. The number of thiocarbonyl (C=S) groups is 1. The lowest BCUT2D eigenvalue weighted by molar-refractivity contribution is 0.319. The van der Waals surface area contributed by atoms with Crippen LogP contribution in [-0.4, -0.2) is 16.9 Å². The highest BCUT2D eigenvalue weighted by atomic mass is 127. The molecule has 0 amide bonds. The van der Waals surface area contributed by atoms with Gasteiger partial charge in [-0.25, -0.2) is 0 Å². The van der Waals surface area contributed by atoms with Gasteiger partial charge < -0.3 is 5.73 Å². The zero-order chi connectivity index (χ0) is 14.5. The largest absolute Gasteiger partial charge is 0.389 e. The fraction of sp³-hybridized carbons (Fsp3) is 0.188. The van der Waals surface area contributed by atoms with Gasteiger partial charge in [0.2, 0.25) is 0 Å². The summed E-state index contributed by atoms with van der Waals surface area (Å²) in [6.07, 6.45) is 0. The minimum atomic E-state index is 0.451. The van der Waals surface area contributed by atoms with E-state index in [4.69, 9.17) is 18.0 Å². The summed E-state index contributed by atoms with van der Waals surface area (Å²) in [6, 6.07) is 16.7. The zero-order valence-corrected chi connectivity index (χ0v) is 14.3. The van der Waals surface area contributed by atoms with Gasteiger partial charge in [-0.1, -0.05) is 42.5 Å². The van der Waals surface area contributed by atoms with Gasteiger partial charge in [-0.15, -0.1) is 0 Å². The van der Waals surface area contributed by atoms with Crippen LogP contribution in [-0.2, 0) is 13.1 Å². The number of nitrogens with two attached hydrogens (primary N) is 1. The summed E-state index contributed by atoms with van der Waals surface area (Å²) in [6.45, 7) is 1.80. The van der Waals surface area contributed by atoms with Crippen LogP contribution in [0.25, 0.3) is 0 Å². The first-order valence-electron chi connectivity index (χ1n) is 6.36. The third-order valence-electron chi connectivity index (χ3n) is 3.03. The first kappa shape index (κ1) is 15.4. The van der Waals surface area contributed by atoms with E-state index in [1.807, 2.05) is 12.1 Å². The minimum absolute atomic E-state index is 0.451. The molecule has 0 aromatic heterocycles. The fourth-order valence-electron chi connectivity index (χ4n) is 2.09. The molecule has 0 aliphatic carbocycles. The van der Waals surface area contributed by atoms with Crippen LogP contribution < -0.4 is 5.73 Å². The van der Waals surface area contributed by atoms with Crippen LogP contribution in [0.3, 0.4) is 0 Å². The van der Waals surface area contributed by atoms with Gasteiger partial charge in [0.25, 0.3) is 0 Å². The van der Waals surface area contributed by atoms with Crippen molar-refractivity contribution in [1.82, 2.24) is 4.90 Å². The monoisotopic (exact) mass is 396 g/mol. The number of hydrogen-bond acceptors (Lipinski definition) is 2. The molecule has 20 heavy (non-hydrogen) atoms. The average molecular weight is 396 g/mol. The quantitative estimate of drug-likeness (QED) is 0.619. The highest BCUT2D eigenvalue weighted by molar-refractivity contribution is 14.1. The topological polar surface area (TPSA) is 29.3 Å². The Hall–Kier alpha value is -0.980. The van der Waals surface area contributed by atoms with E-state index in [0.29, 0.717) is 4.99 Å². The third kappa shape index (κ3) is 4.54. The molecule has 0 saturated heterocycles. The molecule has 0 heterocycles. The molecular weight excluding hydrogens is 379 g/mol. The number of nitrogens with zero attached hydrogens (tertiary/aromatic N) is 1. The summed E-state index contributed by atoms with van der Waals surface area (Å²) in [5, 5.41) is 0. The number of benzene rings is 2. The van der Waals surface area contributed by atoms with E-state index < -0.39 is 0 Å². The van der Waals surface area contributed by atoms with Crippen LogP contribution in [0.5, 0.6) is 0 Å². The van der Waals surface area contributed by atoms with Gasteiger partial charge in [-0.05, 0) is 59.0 Å². The predicted octanol–water partition coefficient (Wildman–Crippen LogP) is 3.56. The average Bonchev–Trinajstić information content (AvgIpc) is 2.41. The van der Waals surface area contributed by atoms with Gasteiger partial charge in [0.15, 0.2) is 0 Å². The number of hydrogen-bond donors (Lipinski definition) is 1. The van der Waals surface area contributed by atoms with E-state index in [-0.39, 0.29) is 0 Å². The van der Waals surface area contributed by atoms with Gasteiger partial charge in [-0.3, -0.25) is 4.90 Å². The Kier molecular flexibility index (Phi) is 5.51. The van der Waals surface area contributed by atoms with Crippen molar-refractivity contribution in [2.45, 2.75) is 13.1 Å². The fourth-order valence-corrected chi connectivity index (χ4v) is 2.58. The number of rotatable bonds is 5. The maximum atomic E-state index is 5.67. The smallest absolute Gasteiger partial charge is 0.103 e. The molecule has 2 nitrogen and oxygen atoms in total. The highest BCUT2D eigenvalue weighted by Gasteiger charge is 2.04.